The summed E-state index contributed by atoms with van der Waals surface area (Å²) in [7, 11) is -0.855. The fourth-order valence-electron chi connectivity index (χ4n) is 2.37. The standard InChI is InChI=1S/C18H17ClFN5O3S2/c1-25(2)30(27,28)11-7-8-13(19)15(9-11)21-16(26)10-29-18-22-17(23-24-18)12-5-3-4-6-14(12)20/h3-9H,10H2,1-2H3,(H,21,26)(H,22,23,24). The number of carbonyl (C=O) groups excluding carboxylic acids is 1. The van der Waals surface area contributed by atoms with Gasteiger partial charge in [0.15, 0.2) is 5.82 Å². The lowest BCUT2D eigenvalue weighted by molar-refractivity contribution is -0.113. The number of halogens is 2. The van der Waals surface area contributed by atoms with Crippen LogP contribution in [0.25, 0.3) is 11.4 Å². The molecule has 0 atom stereocenters. The van der Waals surface area contributed by atoms with Crippen LogP contribution in [0.4, 0.5) is 10.1 Å². The van der Waals surface area contributed by atoms with E-state index in [1.807, 2.05) is 0 Å². The van der Waals surface area contributed by atoms with Crippen LogP contribution in [0.1, 0.15) is 0 Å². The van der Waals surface area contributed by atoms with Gasteiger partial charge in [0.1, 0.15) is 5.82 Å². The molecule has 0 saturated carbocycles. The van der Waals surface area contributed by atoms with E-state index in [-0.39, 0.29) is 37.9 Å². The average molecular weight is 470 g/mol. The second-order valence-corrected chi connectivity index (χ2v) is 9.71. The highest BCUT2D eigenvalue weighted by Gasteiger charge is 2.19. The van der Waals surface area contributed by atoms with Crippen LogP contribution >= 0.6 is 23.4 Å². The van der Waals surface area contributed by atoms with Gasteiger partial charge in [0, 0.05) is 14.1 Å². The van der Waals surface area contributed by atoms with Gasteiger partial charge in [0.2, 0.25) is 21.1 Å². The number of aromatic nitrogens is 3. The van der Waals surface area contributed by atoms with E-state index in [0.717, 1.165) is 16.1 Å². The summed E-state index contributed by atoms with van der Waals surface area (Å²) < 4.78 is 39.4. The Kier molecular flexibility index (Phi) is 6.76. The van der Waals surface area contributed by atoms with Crippen molar-refractivity contribution in [2.75, 3.05) is 25.2 Å². The number of hydrogen-bond donors (Lipinski definition) is 2. The number of aromatic amines is 1. The molecule has 0 spiro atoms. The zero-order valence-corrected chi connectivity index (χ0v) is 18.3. The Balaban J connectivity index is 1.67. The molecule has 0 aliphatic rings. The summed E-state index contributed by atoms with van der Waals surface area (Å²) in [4.78, 5) is 16.5. The lowest BCUT2D eigenvalue weighted by atomic mass is 10.2. The smallest absolute Gasteiger partial charge is 0.242 e. The molecule has 3 rings (SSSR count). The molecule has 0 bridgehead atoms. The van der Waals surface area contributed by atoms with Crippen molar-refractivity contribution < 1.29 is 17.6 Å². The summed E-state index contributed by atoms with van der Waals surface area (Å²) >= 11 is 7.11. The minimum absolute atomic E-state index is 0.00310. The fourth-order valence-corrected chi connectivity index (χ4v) is 4.06. The van der Waals surface area contributed by atoms with E-state index in [4.69, 9.17) is 11.6 Å². The molecule has 3 aromatic rings. The van der Waals surface area contributed by atoms with Crippen molar-refractivity contribution in [3.8, 4) is 11.4 Å². The van der Waals surface area contributed by atoms with E-state index in [9.17, 15) is 17.6 Å². The lowest BCUT2D eigenvalue weighted by Crippen LogP contribution is -2.22. The largest absolute Gasteiger partial charge is 0.324 e. The highest BCUT2D eigenvalue weighted by molar-refractivity contribution is 7.99. The zero-order valence-electron chi connectivity index (χ0n) is 15.9. The predicted octanol–water partition coefficient (Wildman–Crippen LogP) is 3.25. The first-order valence-corrected chi connectivity index (χ1v) is 11.3. The van der Waals surface area contributed by atoms with E-state index in [0.29, 0.717) is 0 Å². The summed E-state index contributed by atoms with van der Waals surface area (Å²) in [6.07, 6.45) is 0. The van der Waals surface area contributed by atoms with E-state index in [1.165, 1.54) is 38.4 Å². The summed E-state index contributed by atoms with van der Waals surface area (Å²) in [6.45, 7) is 0. The van der Waals surface area contributed by atoms with Crippen LogP contribution in [-0.2, 0) is 14.8 Å². The van der Waals surface area contributed by atoms with E-state index >= 15 is 0 Å². The van der Waals surface area contributed by atoms with Crippen molar-refractivity contribution in [3.63, 3.8) is 0 Å². The molecule has 2 N–H and O–H groups in total. The molecule has 0 fully saturated rings. The van der Waals surface area contributed by atoms with Crippen LogP contribution in [0, 0.1) is 5.82 Å². The highest BCUT2D eigenvalue weighted by atomic mass is 35.5. The molecule has 0 aliphatic carbocycles. The Labute approximate surface area is 181 Å². The average Bonchev–Trinajstić information content (AvgIpc) is 3.17. The second-order valence-electron chi connectivity index (χ2n) is 6.21. The third kappa shape index (κ3) is 4.98. The number of anilines is 1. The summed E-state index contributed by atoms with van der Waals surface area (Å²) in [5, 5.41) is 9.64. The van der Waals surface area contributed by atoms with Gasteiger partial charge < -0.3 is 5.32 Å². The van der Waals surface area contributed by atoms with E-state index in [1.54, 1.807) is 18.2 Å². The van der Waals surface area contributed by atoms with Gasteiger partial charge in [-0.2, -0.15) is 0 Å². The number of carbonyl (C=O) groups is 1. The van der Waals surface area contributed by atoms with Crippen LogP contribution in [0.2, 0.25) is 5.02 Å². The topological polar surface area (TPSA) is 108 Å². The molecule has 0 saturated heterocycles. The molecule has 1 aromatic heterocycles. The zero-order chi connectivity index (χ0) is 21.9. The highest BCUT2D eigenvalue weighted by Crippen LogP contribution is 2.27. The minimum Gasteiger partial charge on any atom is -0.324 e. The quantitative estimate of drug-likeness (QED) is 0.514. The SMILES string of the molecule is CN(C)S(=O)(=O)c1ccc(Cl)c(NC(=O)CSc2n[nH]c(-c3ccccc3F)n2)c1. The molecule has 1 heterocycles. The van der Waals surface area contributed by atoms with Crippen molar-refractivity contribution >= 4 is 45.0 Å². The number of nitrogens with one attached hydrogen (secondary N) is 2. The molecule has 158 valence electrons. The van der Waals surface area contributed by atoms with Gasteiger partial charge in [-0.25, -0.2) is 22.1 Å². The third-order valence-electron chi connectivity index (χ3n) is 3.92. The van der Waals surface area contributed by atoms with Crippen molar-refractivity contribution in [2.45, 2.75) is 10.1 Å². The monoisotopic (exact) mass is 469 g/mol. The maximum Gasteiger partial charge on any atom is 0.242 e. The molecule has 0 unspecified atom stereocenters. The number of sulfonamides is 1. The number of H-pyrrole nitrogens is 1. The van der Waals surface area contributed by atoms with Crippen LogP contribution in [0.3, 0.4) is 0 Å². The fraction of sp³-hybridized carbons (Fsp3) is 0.167. The lowest BCUT2D eigenvalue weighted by Gasteiger charge is -2.13. The molecule has 2 aromatic carbocycles. The molecule has 12 heteroatoms. The normalized spacial score (nSPS) is 11.6. The molecule has 1 amide bonds. The molecule has 0 aliphatic heterocycles. The van der Waals surface area contributed by atoms with E-state index < -0.39 is 21.7 Å². The number of benzene rings is 2. The predicted molar refractivity (Wildman–Crippen MR) is 113 cm³/mol. The van der Waals surface area contributed by atoms with Crippen molar-refractivity contribution in [2.24, 2.45) is 0 Å². The van der Waals surface area contributed by atoms with Gasteiger partial charge in [-0.1, -0.05) is 35.5 Å². The van der Waals surface area contributed by atoms with Crippen LogP contribution in [0.15, 0.2) is 52.5 Å². The molecular weight excluding hydrogens is 453 g/mol. The Hall–Kier alpha value is -2.47. The Morgan fingerprint density at radius 1 is 1.27 bits per heavy atom. The molecule has 0 radical (unpaired) electrons. The Bertz CT molecular complexity index is 1180. The van der Waals surface area contributed by atoms with Crippen LogP contribution in [0.5, 0.6) is 0 Å². The summed E-state index contributed by atoms with van der Waals surface area (Å²) in [6, 6.07) is 10.2. The Morgan fingerprint density at radius 2 is 2.00 bits per heavy atom. The third-order valence-corrected chi connectivity index (χ3v) is 6.90. The van der Waals surface area contributed by atoms with Gasteiger partial charge in [-0.05, 0) is 30.3 Å². The van der Waals surface area contributed by atoms with Crippen molar-refractivity contribution in [1.29, 1.82) is 0 Å². The summed E-state index contributed by atoms with van der Waals surface area (Å²) in [5.74, 6) is -0.681. The number of rotatable bonds is 7. The van der Waals surface area contributed by atoms with Crippen molar-refractivity contribution in [1.82, 2.24) is 19.5 Å². The first-order valence-electron chi connectivity index (χ1n) is 8.50. The van der Waals surface area contributed by atoms with Gasteiger partial charge in [-0.3, -0.25) is 9.89 Å². The Morgan fingerprint density at radius 3 is 2.70 bits per heavy atom. The number of hydrogen-bond acceptors (Lipinski definition) is 6. The van der Waals surface area contributed by atoms with E-state index in [2.05, 4.69) is 20.5 Å². The maximum absolute atomic E-state index is 13.8. The van der Waals surface area contributed by atoms with Gasteiger partial charge >= 0.3 is 0 Å². The first kappa shape index (κ1) is 22.2. The first-order chi connectivity index (χ1) is 14.2. The number of nitrogens with zero attached hydrogens (tertiary/aromatic N) is 3. The maximum atomic E-state index is 13.8. The second kappa shape index (κ2) is 9.13. The van der Waals surface area contributed by atoms with Crippen LogP contribution < -0.4 is 5.32 Å². The van der Waals surface area contributed by atoms with Crippen molar-refractivity contribution in [3.05, 3.63) is 53.3 Å². The van der Waals surface area contributed by atoms with Gasteiger partial charge in [0.05, 0.1) is 26.9 Å². The molecule has 30 heavy (non-hydrogen) atoms. The number of thioether (sulfide) groups is 1. The minimum atomic E-state index is -3.67. The van der Waals surface area contributed by atoms with Gasteiger partial charge in [-0.15, -0.1) is 5.10 Å². The van der Waals surface area contributed by atoms with Gasteiger partial charge in [0.25, 0.3) is 0 Å². The molecule has 8 nitrogen and oxygen atoms in total. The summed E-state index contributed by atoms with van der Waals surface area (Å²) in [5.41, 5.74) is 0.444. The van der Waals surface area contributed by atoms with Crippen LogP contribution in [-0.4, -0.2) is 53.7 Å². The number of amides is 1. The molecular formula is C18H17ClFN5O3S2.